The number of aliphatic imine (C=N–C) groups is 1. The van der Waals surface area contributed by atoms with Crippen LogP contribution in [0.5, 0.6) is 5.88 Å². The van der Waals surface area contributed by atoms with Crippen LogP contribution < -0.4 is 15.0 Å². The molecule has 1 aliphatic heterocycles. The Morgan fingerprint density at radius 2 is 1.92 bits per heavy atom. The van der Waals surface area contributed by atoms with Gasteiger partial charge in [0.2, 0.25) is 11.7 Å². The van der Waals surface area contributed by atoms with E-state index in [2.05, 4.69) is 15.3 Å². The fourth-order valence-electron chi connectivity index (χ4n) is 4.30. The second-order valence-corrected chi connectivity index (χ2v) is 8.53. The first kappa shape index (κ1) is 24.0. The van der Waals surface area contributed by atoms with Crippen LogP contribution in [0.2, 0.25) is 0 Å². The summed E-state index contributed by atoms with van der Waals surface area (Å²) in [5.74, 6) is 0.212. The van der Waals surface area contributed by atoms with E-state index in [-0.39, 0.29) is 12.4 Å². The number of carbonyl (C=O) groups is 2. The Bertz CT molecular complexity index is 1400. The van der Waals surface area contributed by atoms with Crippen LogP contribution in [0.1, 0.15) is 16.7 Å². The lowest BCUT2D eigenvalue weighted by atomic mass is 9.93. The first-order valence-electron chi connectivity index (χ1n) is 11.9. The lowest BCUT2D eigenvalue weighted by Gasteiger charge is -2.31. The maximum atomic E-state index is 13.8. The van der Waals surface area contributed by atoms with Crippen LogP contribution in [-0.2, 0) is 16.1 Å². The number of amides is 1. The van der Waals surface area contributed by atoms with Crippen LogP contribution in [0.4, 0.5) is 10.5 Å². The SMILES string of the molecule is COc1cc(C2=CC(NC(=O)OCc3ccccc3)C(=O)C(N3CCN=Cc4ccccc43)=C2)ccn1. The van der Waals surface area contributed by atoms with Gasteiger partial charge in [0.15, 0.2) is 0 Å². The summed E-state index contributed by atoms with van der Waals surface area (Å²) in [6.07, 6.45) is 6.36. The van der Waals surface area contributed by atoms with Gasteiger partial charge in [0, 0.05) is 30.6 Å². The molecule has 1 atom stereocenters. The predicted octanol–water partition coefficient (Wildman–Crippen LogP) is 4.17. The van der Waals surface area contributed by atoms with Gasteiger partial charge < -0.3 is 19.7 Å². The molecular formula is C29H26N4O4. The molecule has 1 amide bonds. The molecular weight excluding hydrogens is 468 g/mol. The Balaban J connectivity index is 1.47. The molecule has 1 N–H and O–H groups in total. The highest BCUT2D eigenvalue weighted by atomic mass is 16.5. The molecule has 186 valence electrons. The van der Waals surface area contributed by atoms with E-state index in [1.807, 2.05) is 77.9 Å². The van der Waals surface area contributed by atoms with Gasteiger partial charge in [-0.2, -0.15) is 0 Å². The molecule has 8 heteroatoms. The number of para-hydroxylation sites is 1. The van der Waals surface area contributed by atoms with Gasteiger partial charge in [-0.15, -0.1) is 0 Å². The fraction of sp³-hybridized carbons (Fsp3) is 0.172. The third-order valence-electron chi connectivity index (χ3n) is 6.14. The highest BCUT2D eigenvalue weighted by molar-refractivity contribution is 6.10. The number of fused-ring (bicyclic) bond motifs is 1. The first-order valence-corrected chi connectivity index (χ1v) is 11.9. The van der Waals surface area contributed by atoms with Crippen LogP contribution in [0, 0.1) is 0 Å². The number of Topliss-reactive ketones (excluding diaryl/α,β-unsaturated/α-hetero) is 1. The van der Waals surface area contributed by atoms with Crippen molar-refractivity contribution in [1.29, 1.82) is 0 Å². The van der Waals surface area contributed by atoms with Gasteiger partial charge in [-0.1, -0.05) is 48.5 Å². The summed E-state index contributed by atoms with van der Waals surface area (Å²) in [6.45, 7) is 1.15. The van der Waals surface area contributed by atoms with E-state index in [4.69, 9.17) is 9.47 Å². The average Bonchev–Trinajstić information content (AvgIpc) is 3.16. The van der Waals surface area contributed by atoms with Gasteiger partial charge in [0.1, 0.15) is 12.6 Å². The van der Waals surface area contributed by atoms with Crippen LogP contribution in [0.15, 0.2) is 95.8 Å². The molecule has 2 aromatic carbocycles. The molecule has 0 fully saturated rings. The van der Waals surface area contributed by atoms with Crippen molar-refractivity contribution >= 4 is 29.4 Å². The Kier molecular flexibility index (Phi) is 7.07. The van der Waals surface area contributed by atoms with Gasteiger partial charge in [-0.05, 0) is 41.0 Å². The zero-order valence-electron chi connectivity index (χ0n) is 20.3. The monoisotopic (exact) mass is 494 g/mol. The van der Waals surface area contributed by atoms with Gasteiger partial charge in [0.05, 0.1) is 25.0 Å². The number of nitrogens with zero attached hydrogens (tertiary/aromatic N) is 3. The summed E-state index contributed by atoms with van der Waals surface area (Å²) in [6, 6.07) is 19.9. The first-order chi connectivity index (χ1) is 18.1. The number of allylic oxidation sites excluding steroid dienone is 2. The number of alkyl carbamates (subject to hydrolysis) is 1. The van der Waals surface area contributed by atoms with Crippen molar-refractivity contribution in [3.63, 3.8) is 0 Å². The average molecular weight is 495 g/mol. The molecule has 0 radical (unpaired) electrons. The molecule has 0 spiro atoms. The van der Waals surface area contributed by atoms with E-state index < -0.39 is 12.1 Å². The number of ketones is 1. The lowest BCUT2D eigenvalue weighted by Crippen LogP contribution is -2.45. The number of hydrogen-bond acceptors (Lipinski definition) is 7. The number of ether oxygens (including phenoxy) is 2. The van der Waals surface area contributed by atoms with E-state index in [0.717, 1.165) is 28.0 Å². The second-order valence-electron chi connectivity index (χ2n) is 8.53. The summed E-state index contributed by atoms with van der Waals surface area (Å²) >= 11 is 0. The van der Waals surface area contributed by atoms with E-state index in [1.54, 1.807) is 25.4 Å². The van der Waals surface area contributed by atoms with Gasteiger partial charge >= 0.3 is 6.09 Å². The molecule has 0 bridgehead atoms. The van der Waals surface area contributed by atoms with Crippen molar-refractivity contribution in [2.75, 3.05) is 25.1 Å². The van der Waals surface area contributed by atoms with Crippen molar-refractivity contribution in [1.82, 2.24) is 10.3 Å². The van der Waals surface area contributed by atoms with Crippen LogP contribution >= 0.6 is 0 Å². The number of methoxy groups -OCH3 is 1. The minimum Gasteiger partial charge on any atom is -0.481 e. The number of benzodiazepines with no additional fused rings is 1. The number of pyridine rings is 1. The summed E-state index contributed by atoms with van der Waals surface area (Å²) < 4.78 is 10.7. The van der Waals surface area contributed by atoms with Crippen molar-refractivity contribution in [3.05, 3.63) is 107 Å². The quantitative estimate of drug-likeness (QED) is 0.553. The Morgan fingerprint density at radius 1 is 1.11 bits per heavy atom. The molecule has 1 aromatic heterocycles. The number of nitrogens with one attached hydrogen (secondary N) is 1. The standard InChI is InChI=1S/C29H26N4O4/c1-36-27-17-21(11-12-31-27)23-15-24(32-29(35)37-19-20-7-3-2-4-8-20)28(34)26(16-23)33-14-13-30-18-22-9-5-6-10-25(22)33/h2-12,15-18,24H,13-14,19H2,1H3,(H,32,35). The van der Waals surface area contributed by atoms with E-state index >= 15 is 0 Å². The van der Waals surface area contributed by atoms with E-state index in [9.17, 15) is 9.59 Å². The molecule has 2 heterocycles. The zero-order valence-corrected chi connectivity index (χ0v) is 20.3. The summed E-state index contributed by atoms with van der Waals surface area (Å²) in [7, 11) is 1.55. The largest absolute Gasteiger partial charge is 0.481 e. The zero-order chi connectivity index (χ0) is 25.6. The molecule has 5 rings (SSSR count). The normalized spacial score (nSPS) is 16.7. The van der Waals surface area contributed by atoms with Crippen molar-refractivity contribution < 1.29 is 19.1 Å². The molecule has 0 saturated carbocycles. The molecule has 1 unspecified atom stereocenters. The highest BCUT2D eigenvalue weighted by Crippen LogP contribution is 2.31. The molecule has 1 aliphatic carbocycles. The van der Waals surface area contributed by atoms with Gasteiger partial charge in [-0.25, -0.2) is 9.78 Å². The maximum absolute atomic E-state index is 13.8. The number of carbonyl (C=O) groups excluding carboxylic acids is 2. The van der Waals surface area contributed by atoms with E-state index in [1.165, 1.54) is 0 Å². The summed E-state index contributed by atoms with van der Waals surface area (Å²) in [4.78, 5) is 37.1. The third kappa shape index (κ3) is 5.43. The summed E-state index contributed by atoms with van der Waals surface area (Å²) in [5, 5.41) is 2.74. The van der Waals surface area contributed by atoms with Gasteiger partial charge in [0.25, 0.3) is 0 Å². The Morgan fingerprint density at radius 3 is 2.76 bits per heavy atom. The second kappa shape index (κ2) is 10.9. The molecule has 8 nitrogen and oxygen atoms in total. The topological polar surface area (TPSA) is 93.1 Å². The molecule has 37 heavy (non-hydrogen) atoms. The number of rotatable bonds is 6. The number of hydrogen-bond donors (Lipinski definition) is 1. The molecule has 2 aliphatic rings. The van der Waals surface area contributed by atoms with Gasteiger partial charge in [-0.3, -0.25) is 9.79 Å². The van der Waals surface area contributed by atoms with E-state index in [0.29, 0.717) is 24.7 Å². The predicted molar refractivity (Wildman–Crippen MR) is 142 cm³/mol. The van der Waals surface area contributed by atoms with Crippen molar-refractivity contribution in [3.8, 4) is 5.88 Å². The van der Waals surface area contributed by atoms with Crippen LogP contribution in [0.3, 0.4) is 0 Å². The minimum absolute atomic E-state index is 0.102. The van der Waals surface area contributed by atoms with Crippen molar-refractivity contribution in [2.45, 2.75) is 12.6 Å². The van der Waals surface area contributed by atoms with Crippen LogP contribution in [-0.4, -0.2) is 49.3 Å². The maximum Gasteiger partial charge on any atom is 0.408 e. The minimum atomic E-state index is -0.922. The van der Waals surface area contributed by atoms with Crippen molar-refractivity contribution in [2.24, 2.45) is 4.99 Å². The number of aromatic nitrogens is 1. The number of benzene rings is 2. The fourth-order valence-corrected chi connectivity index (χ4v) is 4.30. The Labute approximate surface area is 215 Å². The Hall–Kier alpha value is -4.72. The van der Waals surface area contributed by atoms with Crippen LogP contribution in [0.25, 0.3) is 5.57 Å². The lowest BCUT2D eigenvalue weighted by molar-refractivity contribution is -0.116. The molecule has 0 saturated heterocycles. The number of anilines is 1. The molecule has 3 aromatic rings. The summed E-state index contributed by atoms with van der Waals surface area (Å²) in [5.41, 5.74) is 4.67. The highest BCUT2D eigenvalue weighted by Gasteiger charge is 2.32. The smallest absolute Gasteiger partial charge is 0.408 e. The third-order valence-corrected chi connectivity index (χ3v) is 6.14.